The van der Waals surface area contributed by atoms with Gasteiger partial charge >= 0.3 is 0 Å². The molecule has 0 aliphatic rings. The van der Waals surface area contributed by atoms with Gasteiger partial charge in [-0.2, -0.15) is 9.97 Å². The van der Waals surface area contributed by atoms with Gasteiger partial charge in [0.2, 0.25) is 5.28 Å². The van der Waals surface area contributed by atoms with Gasteiger partial charge in [-0.25, -0.2) is 4.98 Å². The van der Waals surface area contributed by atoms with Gasteiger partial charge in [0.25, 0.3) is 0 Å². The summed E-state index contributed by atoms with van der Waals surface area (Å²) in [5.41, 5.74) is 1.60. The number of hydrogen-bond acceptors (Lipinski definition) is 4. The Morgan fingerprint density at radius 2 is 1.70 bits per heavy atom. The van der Waals surface area contributed by atoms with Crippen LogP contribution in [0.5, 0.6) is 0 Å². The summed E-state index contributed by atoms with van der Waals surface area (Å²) < 4.78 is 0. The molecule has 0 aliphatic carbocycles. The highest BCUT2D eigenvalue weighted by Gasteiger charge is 2.12. The van der Waals surface area contributed by atoms with Crippen molar-refractivity contribution in [3.63, 3.8) is 0 Å². The largest absolute Gasteiger partial charge is 0.340 e. The van der Waals surface area contributed by atoms with Crippen molar-refractivity contribution in [3.8, 4) is 0 Å². The minimum atomic E-state index is 0.0725. The maximum absolute atomic E-state index is 6.11. The standard InChI is InChI=1S/C11H5Cl4N5/c12-4-1-6(14)7(2-5(4)13)18-10-8-9(17-3-16-8)19-11(15)20-10/h1-3H,(H2,16,17,18,19,20). The van der Waals surface area contributed by atoms with Crippen LogP contribution in [-0.2, 0) is 0 Å². The van der Waals surface area contributed by atoms with E-state index in [4.69, 9.17) is 46.4 Å². The highest BCUT2D eigenvalue weighted by molar-refractivity contribution is 6.44. The fourth-order valence-electron chi connectivity index (χ4n) is 1.64. The molecule has 0 fully saturated rings. The van der Waals surface area contributed by atoms with Crippen LogP contribution in [0.3, 0.4) is 0 Å². The summed E-state index contributed by atoms with van der Waals surface area (Å²) in [5, 5.41) is 4.25. The van der Waals surface area contributed by atoms with Crippen LogP contribution in [0.25, 0.3) is 11.2 Å². The second-order valence-electron chi connectivity index (χ2n) is 3.81. The van der Waals surface area contributed by atoms with E-state index in [9.17, 15) is 0 Å². The molecule has 0 spiro atoms. The van der Waals surface area contributed by atoms with Crippen molar-refractivity contribution >= 4 is 69.1 Å². The number of aromatic nitrogens is 4. The van der Waals surface area contributed by atoms with Crippen LogP contribution in [0.2, 0.25) is 20.4 Å². The molecule has 0 atom stereocenters. The normalized spacial score (nSPS) is 11.0. The van der Waals surface area contributed by atoms with Gasteiger partial charge in [-0.15, -0.1) is 0 Å². The number of rotatable bonds is 2. The number of aromatic amines is 1. The molecule has 5 nitrogen and oxygen atoms in total. The number of imidazole rings is 1. The molecule has 3 aromatic rings. The highest BCUT2D eigenvalue weighted by atomic mass is 35.5. The van der Waals surface area contributed by atoms with Gasteiger partial charge in [-0.1, -0.05) is 34.8 Å². The summed E-state index contributed by atoms with van der Waals surface area (Å²) in [5.74, 6) is 0.442. The molecule has 2 heterocycles. The molecular weight excluding hydrogens is 344 g/mol. The molecular formula is C11H5Cl4N5. The van der Waals surface area contributed by atoms with E-state index >= 15 is 0 Å². The summed E-state index contributed by atoms with van der Waals surface area (Å²) in [6, 6.07) is 3.14. The van der Waals surface area contributed by atoms with Gasteiger partial charge in [0.15, 0.2) is 11.5 Å². The average Bonchev–Trinajstić information content (AvgIpc) is 2.84. The lowest BCUT2D eigenvalue weighted by atomic mass is 10.3. The molecule has 3 rings (SSSR count). The van der Waals surface area contributed by atoms with E-state index in [1.165, 1.54) is 6.33 Å². The minimum Gasteiger partial charge on any atom is -0.340 e. The topological polar surface area (TPSA) is 66.5 Å². The van der Waals surface area contributed by atoms with E-state index in [0.717, 1.165) is 0 Å². The SMILES string of the molecule is Clc1nc(Nc2cc(Cl)c(Cl)cc2Cl)c2[nH]cnc2n1. The third kappa shape index (κ3) is 2.50. The lowest BCUT2D eigenvalue weighted by molar-refractivity contribution is 1.20. The molecule has 0 unspecified atom stereocenters. The van der Waals surface area contributed by atoms with Gasteiger partial charge in [0, 0.05) is 0 Å². The van der Waals surface area contributed by atoms with Crippen LogP contribution in [0.4, 0.5) is 11.5 Å². The van der Waals surface area contributed by atoms with Gasteiger partial charge in [-0.05, 0) is 23.7 Å². The van der Waals surface area contributed by atoms with E-state index in [1.807, 2.05) is 0 Å². The monoisotopic (exact) mass is 347 g/mol. The molecule has 0 amide bonds. The smallest absolute Gasteiger partial charge is 0.226 e. The molecule has 2 N–H and O–H groups in total. The van der Waals surface area contributed by atoms with E-state index in [1.54, 1.807) is 12.1 Å². The Hall–Kier alpha value is -1.27. The number of halogens is 4. The van der Waals surface area contributed by atoms with Crippen LogP contribution in [-0.4, -0.2) is 19.9 Å². The lowest BCUT2D eigenvalue weighted by Gasteiger charge is -2.09. The van der Waals surface area contributed by atoms with Crippen molar-refractivity contribution in [3.05, 3.63) is 38.8 Å². The lowest BCUT2D eigenvalue weighted by Crippen LogP contribution is -1.98. The number of anilines is 2. The molecule has 0 radical (unpaired) electrons. The minimum absolute atomic E-state index is 0.0725. The predicted octanol–water partition coefficient (Wildman–Crippen LogP) is 4.71. The van der Waals surface area contributed by atoms with E-state index in [0.29, 0.717) is 37.7 Å². The second kappa shape index (κ2) is 5.26. The third-order valence-corrected chi connectivity index (χ3v) is 3.73. The van der Waals surface area contributed by atoms with Crippen LogP contribution in [0, 0.1) is 0 Å². The van der Waals surface area contributed by atoms with Crippen molar-refractivity contribution < 1.29 is 0 Å². The highest BCUT2D eigenvalue weighted by Crippen LogP contribution is 2.34. The molecule has 0 aliphatic heterocycles. The van der Waals surface area contributed by atoms with Crippen molar-refractivity contribution in [1.29, 1.82) is 0 Å². The van der Waals surface area contributed by atoms with Crippen molar-refractivity contribution in [2.75, 3.05) is 5.32 Å². The van der Waals surface area contributed by atoms with Gasteiger partial charge in [-0.3, -0.25) is 0 Å². The first-order valence-electron chi connectivity index (χ1n) is 5.33. The molecule has 0 saturated carbocycles. The van der Waals surface area contributed by atoms with Crippen LogP contribution in [0.15, 0.2) is 18.5 Å². The average molecular weight is 349 g/mol. The Morgan fingerprint density at radius 1 is 0.950 bits per heavy atom. The molecule has 20 heavy (non-hydrogen) atoms. The molecule has 9 heteroatoms. The first-order valence-corrected chi connectivity index (χ1v) is 6.84. The summed E-state index contributed by atoms with van der Waals surface area (Å²) >= 11 is 23.8. The third-order valence-electron chi connectivity index (χ3n) is 2.52. The predicted molar refractivity (Wildman–Crippen MR) is 81.4 cm³/mol. The molecule has 102 valence electrons. The summed E-state index contributed by atoms with van der Waals surface area (Å²) in [4.78, 5) is 15.0. The zero-order valence-electron chi connectivity index (χ0n) is 9.59. The Bertz CT molecular complexity index is 801. The first-order chi connectivity index (χ1) is 9.54. The van der Waals surface area contributed by atoms with E-state index in [-0.39, 0.29) is 5.28 Å². The Morgan fingerprint density at radius 3 is 2.50 bits per heavy atom. The number of benzene rings is 1. The van der Waals surface area contributed by atoms with Crippen LogP contribution in [0.1, 0.15) is 0 Å². The van der Waals surface area contributed by atoms with Crippen molar-refractivity contribution in [2.45, 2.75) is 0 Å². The van der Waals surface area contributed by atoms with Gasteiger partial charge in [0.05, 0.1) is 27.1 Å². The zero-order valence-corrected chi connectivity index (χ0v) is 12.6. The van der Waals surface area contributed by atoms with E-state index in [2.05, 4.69) is 25.3 Å². The zero-order chi connectivity index (χ0) is 14.3. The summed E-state index contributed by atoms with van der Waals surface area (Å²) in [6.07, 6.45) is 1.50. The molecule has 0 bridgehead atoms. The number of fused-ring (bicyclic) bond motifs is 1. The quantitative estimate of drug-likeness (QED) is 0.520. The maximum Gasteiger partial charge on any atom is 0.226 e. The van der Waals surface area contributed by atoms with Crippen LogP contribution < -0.4 is 5.32 Å². The van der Waals surface area contributed by atoms with Gasteiger partial charge < -0.3 is 10.3 Å². The number of hydrogen-bond donors (Lipinski definition) is 2. The first kappa shape index (κ1) is 13.7. The van der Waals surface area contributed by atoms with Crippen molar-refractivity contribution in [2.24, 2.45) is 0 Å². The number of H-pyrrole nitrogens is 1. The van der Waals surface area contributed by atoms with Crippen molar-refractivity contribution in [1.82, 2.24) is 19.9 Å². The Labute approximate surface area is 133 Å². The fraction of sp³-hybridized carbons (Fsp3) is 0. The van der Waals surface area contributed by atoms with Gasteiger partial charge in [0.1, 0.15) is 5.52 Å². The number of nitrogens with one attached hydrogen (secondary N) is 2. The molecule has 1 aromatic carbocycles. The maximum atomic E-state index is 6.11. The summed E-state index contributed by atoms with van der Waals surface area (Å²) in [6.45, 7) is 0. The molecule has 0 saturated heterocycles. The second-order valence-corrected chi connectivity index (χ2v) is 5.37. The van der Waals surface area contributed by atoms with E-state index < -0.39 is 0 Å². The summed E-state index contributed by atoms with van der Waals surface area (Å²) in [7, 11) is 0. The molecule has 2 aromatic heterocycles. The van der Waals surface area contributed by atoms with Crippen LogP contribution >= 0.6 is 46.4 Å². The fourth-order valence-corrected chi connectivity index (χ4v) is 2.40. The number of nitrogens with zero attached hydrogens (tertiary/aromatic N) is 3. The Balaban J connectivity index is 2.09. The Kier molecular flexibility index (Phi) is 3.60.